The second-order valence-corrected chi connectivity index (χ2v) is 6.09. The maximum Gasteiger partial charge on any atom is 0.220 e. The SMILES string of the molecule is NC(=S)CS(=O)(=O)N(CCO)C1CCC1. The van der Waals surface area contributed by atoms with Crippen molar-refractivity contribution in [2.45, 2.75) is 25.3 Å². The Balaban J connectivity index is 2.72. The highest BCUT2D eigenvalue weighted by atomic mass is 32.2. The van der Waals surface area contributed by atoms with Gasteiger partial charge in [0.25, 0.3) is 0 Å². The minimum absolute atomic E-state index is 0.0245. The summed E-state index contributed by atoms with van der Waals surface area (Å²) in [6, 6.07) is 0.0245. The van der Waals surface area contributed by atoms with Crippen molar-refractivity contribution in [2.75, 3.05) is 18.9 Å². The number of sulfonamides is 1. The Morgan fingerprint density at radius 1 is 1.53 bits per heavy atom. The van der Waals surface area contributed by atoms with Crippen molar-refractivity contribution in [2.24, 2.45) is 5.73 Å². The maximum absolute atomic E-state index is 11.8. The van der Waals surface area contributed by atoms with Gasteiger partial charge in [-0.25, -0.2) is 8.42 Å². The molecule has 0 radical (unpaired) electrons. The first-order valence-electron chi connectivity index (χ1n) is 4.86. The minimum Gasteiger partial charge on any atom is -0.395 e. The van der Waals surface area contributed by atoms with Crippen LogP contribution in [-0.2, 0) is 10.0 Å². The van der Waals surface area contributed by atoms with Gasteiger partial charge in [0, 0.05) is 12.6 Å². The zero-order chi connectivity index (χ0) is 11.5. The van der Waals surface area contributed by atoms with E-state index in [1.165, 1.54) is 4.31 Å². The topological polar surface area (TPSA) is 83.6 Å². The second-order valence-electron chi connectivity index (χ2n) is 3.64. The molecule has 1 aliphatic carbocycles. The molecular formula is C8H16N2O3S2. The fourth-order valence-corrected chi connectivity index (χ4v) is 3.58. The molecule has 88 valence electrons. The molecule has 1 fully saturated rings. The third kappa shape index (κ3) is 3.37. The molecule has 1 rings (SSSR count). The summed E-state index contributed by atoms with van der Waals surface area (Å²) in [6.07, 6.45) is 2.75. The van der Waals surface area contributed by atoms with Crippen LogP contribution in [0.15, 0.2) is 0 Å². The number of nitrogens with zero attached hydrogens (tertiary/aromatic N) is 1. The van der Waals surface area contributed by atoms with Crippen LogP contribution in [0.1, 0.15) is 19.3 Å². The lowest BCUT2D eigenvalue weighted by molar-refractivity contribution is 0.178. The van der Waals surface area contributed by atoms with Crippen LogP contribution in [0.25, 0.3) is 0 Å². The van der Waals surface area contributed by atoms with Crippen molar-refractivity contribution in [1.29, 1.82) is 0 Å². The number of hydrogen-bond donors (Lipinski definition) is 2. The van der Waals surface area contributed by atoms with E-state index in [1.807, 2.05) is 0 Å². The van der Waals surface area contributed by atoms with Crippen LogP contribution >= 0.6 is 12.2 Å². The summed E-state index contributed by atoms with van der Waals surface area (Å²) in [4.78, 5) is -0.0303. The zero-order valence-corrected chi connectivity index (χ0v) is 10.1. The molecule has 1 saturated carbocycles. The Kier molecular flexibility index (Phi) is 4.45. The first kappa shape index (κ1) is 12.8. The molecule has 7 heteroatoms. The molecule has 0 aromatic heterocycles. The number of nitrogens with two attached hydrogens (primary N) is 1. The molecule has 15 heavy (non-hydrogen) atoms. The molecule has 0 aliphatic heterocycles. The average molecular weight is 252 g/mol. The zero-order valence-electron chi connectivity index (χ0n) is 8.42. The van der Waals surface area contributed by atoms with Gasteiger partial charge in [-0.1, -0.05) is 18.6 Å². The van der Waals surface area contributed by atoms with E-state index in [4.69, 9.17) is 10.8 Å². The van der Waals surface area contributed by atoms with Crippen LogP contribution in [0, 0.1) is 0 Å². The number of rotatable bonds is 6. The summed E-state index contributed by atoms with van der Waals surface area (Å²) < 4.78 is 25.0. The van der Waals surface area contributed by atoms with Crippen LogP contribution in [0.5, 0.6) is 0 Å². The summed E-state index contributed by atoms with van der Waals surface area (Å²) in [5.41, 5.74) is 5.24. The van der Waals surface area contributed by atoms with E-state index in [-0.39, 0.29) is 29.9 Å². The normalized spacial score (nSPS) is 17.7. The summed E-state index contributed by atoms with van der Waals surface area (Å²) in [5, 5.41) is 8.83. The van der Waals surface area contributed by atoms with Gasteiger partial charge in [0.1, 0.15) is 5.75 Å². The Labute approximate surface area is 95.3 Å². The van der Waals surface area contributed by atoms with E-state index in [9.17, 15) is 8.42 Å². The summed E-state index contributed by atoms with van der Waals surface area (Å²) in [7, 11) is -3.44. The molecule has 0 spiro atoms. The van der Waals surface area contributed by atoms with Crippen molar-refractivity contribution in [3.05, 3.63) is 0 Å². The highest BCUT2D eigenvalue weighted by Crippen LogP contribution is 2.26. The van der Waals surface area contributed by atoms with Gasteiger partial charge < -0.3 is 10.8 Å². The van der Waals surface area contributed by atoms with E-state index in [0.29, 0.717) is 0 Å². The molecular weight excluding hydrogens is 236 g/mol. The molecule has 3 N–H and O–H groups in total. The quantitative estimate of drug-likeness (QED) is 0.620. The lowest BCUT2D eigenvalue weighted by atomic mass is 9.93. The second kappa shape index (κ2) is 5.20. The first-order valence-corrected chi connectivity index (χ1v) is 6.88. The standard InChI is InChI=1S/C8H16N2O3S2/c9-8(14)6-15(12,13)10(4-5-11)7-2-1-3-7/h7,11H,1-6H2,(H2,9,14). The number of aliphatic hydroxyl groups excluding tert-OH is 1. The van der Waals surface area contributed by atoms with Gasteiger partial charge in [0.2, 0.25) is 10.0 Å². The van der Waals surface area contributed by atoms with Crippen LogP contribution in [0.4, 0.5) is 0 Å². The Morgan fingerprint density at radius 3 is 2.47 bits per heavy atom. The van der Waals surface area contributed by atoms with Gasteiger partial charge in [0.05, 0.1) is 11.6 Å². The maximum atomic E-state index is 11.8. The predicted molar refractivity (Wildman–Crippen MR) is 62.0 cm³/mol. The minimum atomic E-state index is -3.44. The van der Waals surface area contributed by atoms with Gasteiger partial charge in [-0.05, 0) is 12.8 Å². The monoisotopic (exact) mass is 252 g/mol. The lowest BCUT2D eigenvalue weighted by Crippen LogP contribution is -2.47. The van der Waals surface area contributed by atoms with Crippen molar-refractivity contribution in [1.82, 2.24) is 4.31 Å². The van der Waals surface area contributed by atoms with Crippen LogP contribution in [0.3, 0.4) is 0 Å². The van der Waals surface area contributed by atoms with Gasteiger partial charge in [0.15, 0.2) is 0 Å². The van der Waals surface area contributed by atoms with E-state index < -0.39 is 10.0 Å². The first-order chi connectivity index (χ1) is 6.97. The highest BCUT2D eigenvalue weighted by Gasteiger charge is 2.33. The largest absolute Gasteiger partial charge is 0.395 e. The molecule has 0 atom stereocenters. The molecule has 0 amide bonds. The molecule has 5 nitrogen and oxygen atoms in total. The molecule has 0 heterocycles. The van der Waals surface area contributed by atoms with E-state index >= 15 is 0 Å². The van der Waals surface area contributed by atoms with Crippen molar-refractivity contribution in [3.63, 3.8) is 0 Å². The molecule has 0 aromatic carbocycles. The summed E-state index contributed by atoms with van der Waals surface area (Å²) in [5.74, 6) is -0.307. The fourth-order valence-electron chi connectivity index (χ4n) is 1.58. The number of aliphatic hydroxyl groups is 1. The lowest BCUT2D eigenvalue weighted by Gasteiger charge is -2.36. The Morgan fingerprint density at radius 2 is 2.13 bits per heavy atom. The average Bonchev–Trinajstić information content (AvgIpc) is 1.97. The smallest absolute Gasteiger partial charge is 0.220 e. The van der Waals surface area contributed by atoms with Gasteiger partial charge in [-0.3, -0.25) is 0 Å². The van der Waals surface area contributed by atoms with Crippen LogP contribution in [0.2, 0.25) is 0 Å². The third-order valence-electron chi connectivity index (χ3n) is 2.48. The number of hydrogen-bond acceptors (Lipinski definition) is 4. The van der Waals surface area contributed by atoms with E-state index in [0.717, 1.165) is 19.3 Å². The predicted octanol–water partition coefficient (Wildman–Crippen LogP) is -0.551. The molecule has 0 aromatic rings. The Hall–Kier alpha value is -0.240. The van der Waals surface area contributed by atoms with Crippen molar-refractivity contribution >= 4 is 27.2 Å². The molecule has 1 aliphatic rings. The van der Waals surface area contributed by atoms with E-state index in [1.54, 1.807) is 0 Å². The summed E-state index contributed by atoms with van der Waals surface area (Å²) in [6.45, 7) is -0.0390. The number of thiocarbonyl (C=S) groups is 1. The Bertz CT molecular complexity index is 325. The molecule has 0 saturated heterocycles. The summed E-state index contributed by atoms with van der Waals surface area (Å²) >= 11 is 4.60. The van der Waals surface area contributed by atoms with Crippen molar-refractivity contribution < 1.29 is 13.5 Å². The van der Waals surface area contributed by atoms with Crippen molar-refractivity contribution in [3.8, 4) is 0 Å². The van der Waals surface area contributed by atoms with Crippen LogP contribution in [-0.4, -0.2) is 47.8 Å². The van der Waals surface area contributed by atoms with Gasteiger partial charge in [-0.15, -0.1) is 0 Å². The third-order valence-corrected chi connectivity index (χ3v) is 4.68. The highest BCUT2D eigenvalue weighted by molar-refractivity contribution is 7.92. The molecule has 0 bridgehead atoms. The fraction of sp³-hybridized carbons (Fsp3) is 0.875. The van der Waals surface area contributed by atoms with Crippen LogP contribution < -0.4 is 5.73 Å². The van der Waals surface area contributed by atoms with E-state index in [2.05, 4.69) is 12.2 Å². The molecule has 0 unspecified atom stereocenters. The van der Waals surface area contributed by atoms with Gasteiger partial charge >= 0.3 is 0 Å². The van der Waals surface area contributed by atoms with Gasteiger partial charge in [-0.2, -0.15) is 4.31 Å².